The van der Waals surface area contributed by atoms with Crippen molar-refractivity contribution in [2.75, 3.05) is 24.7 Å². The van der Waals surface area contributed by atoms with Crippen LogP contribution in [0, 0.1) is 53.3 Å². The van der Waals surface area contributed by atoms with E-state index in [1.807, 2.05) is 0 Å². The maximum atomic E-state index is 11.3. The molecule has 1 aliphatic carbocycles. The molecule has 0 aromatic heterocycles. The molecule has 2 heterocycles. The largest absolute Gasteiger partial charge is 0.381 e. The van der Waals surface area contributed by atoms with Crippen LogP contribution in [0.3, 0.4) is 0 Å². The average Bonchev–Trinajstić information content (AvgIpc) is 2.71. The SMILES string of the molecule is CC(C)C1CCCCC1C.CC(C)C1CCOCC1C.CC(C)C1CS(=O)(=O)CCC1C. The van der Waals surface area contributed by atoms with Crippen molar-refractivity contribution in [3.05, 3.63) is 0 Å². The van der Waals surface area contributed by atoms with Crippen molar-refractivity contribution in [3.63, 3.8) is 0 Å². The first-order valence-electron chi connectivity index (χ1n) is 13.6. The van der Waals surface area contributed by atoms with Crippen LogP contribution < -0.4 is 0 Å². The van der Waals surface area contributed by atoms with Crippen LogP contribution >= 0.6 is 0 Å². The highest BCUT2D eigenvalue weighted by Crippen LogP contribution is 2.34. The van der Waals surface area contributed by atoms with Gasteiger partial charge in [0.25, 0.3) is 0 Å². The second-order valence-corrected chi connectivity index (χ2v) is 14.4. The molecule has 0 spiro atoms. The molecule has 4 heteroatoms. The monoisotopic (exact) mass is 472 g/mol. The summed E-state index contributed by atoms with van der Waals surface area (Å²) in [4.78, 5) is 0. The molecular formula is C28H56O3S. The highest BCUT2D eigenvalue weighted by Gasteiger charge is 2.32. The number of ether oxygens (including phenoxy) is 1. The predicted octanol–water partition coefficient (Wildman–Crippen LogP) is 7.50. The van der Waals surface area contributed by atoms with Gasteiger partial charge in [-0.2, -0.15) is 0 Å². The average molecular weight is 473 g/mol. The second kappa shape index (κ2) is 14.3. The minimum atomic E-state index is -2.71. The van der Waals surface area contributed by atoms with Gasteiger partial charge in [0, 0.05) is 13.2 Å². The molecule has 192 valence electrons. The van der Waals surface area contributed by atoms with E-state index in [4.69, 9.17) is 4.74 Å². The third-order valence-electron chi connectivity index (χ3n) is 8.52. The number of sulfone groups is 1. The van der Waals surface area contributed by atoms with Gasteiger partial charge in [-0.05, 0) is 72.5 Å². The maximum absolute atomic E-state index is 11.3. The van der Waals surface area contributed by atoms with Gasteiger partial charge in [0.15, 0.2) is 9.84 Å². The molecule has 6 unspecified atom stereocenters. The second-order valence-electron chi connectivity index (χ2n) is 12.2. The Morgan fingerprint density at radius 3 is 1.56 bits per heavy atom. The van der Waals surface area contributed by atoms with E-state index >= 15 is 0 Å². The van der Waals surface area contributed by atoms with Gasteiger partial charge in [-0.1, -0.05) is 81.6 Å². The van der Waals surface area contributed by atoms with E-state index < -0.39 is 9.84 Å². The molecule has 3 nitrogen and oxygen atoms in total. The van der Waals surface area contributed by atoms with Crippen molar-refractivity contribution in [2.24, 2.45) is 53.3 Å². The maximum Gasteiger partial charge on any atom is 0.150 e. The van der Waals surface area contributed by atoms with Gasteiger partial charge in [-0.3, -0.25) is 0 Å². The zero-order chi connectivity index (χ0) is 24.5. The Kier molecular flexibility index (Phi) is 13.4. The Balaban J connectivity index is 0.000000241. The molecule has 32 heavy (non-hydrogen) atoms. The van der Waals surface area contributed by atoms with Gasteiger partial charge in [-0.25, -0.2) is 8.42 Å². The van der Waals surface area contributed by atoms with Crippen molar-refractivity contribution < 1.29 is 13.2 Å². The van der Waals surface area contributed by atoms with Gasteiger partial charge in [0.1, 0.15) is 0 Å². The van der Waals surface area contributed by atoms with Gasteiger partial charge >= 0.3 is 0 Å². The van der Waals surface area contributed by atoms with Crippen molar-refractivity contribution >= 4 is 9.84 Å². The lowest BCUT2D eigenvalue weighted by Crippen LogP contribution is -2.34. The summed E-state index contributed by atoms with van der Waals surface area (Å²) in [6, 6.07) is 0. The van der Waals surface area contributed by atoms with Crippen LogP contribution in [0.2, 0.25) is 0 Å². The molecule has 6 atom stereocenters. The zero-order valence-corrected chi connectivity index (χ0v) is 23.7. The van der Waals surface area contributed by atoms with E-state index in [1.165, 1.54) is 32.1 Å². The van der Waals surface area contributed by atoms with Crippen LogP contribution in [0.25, 0.3) is 0 Å². The summed E-state index contributed by atoms with van der Waals surface area (Å²) in [6.45, 7) is 22.4. The first kappa shape index (κ1) is 29.9. The van der Waals surface area contributed by atoms with E-state index in [0.29, 0.717) is 29.3 Å². The Morgan fingerprint density at radius 2 is 1.16 bits per heavy atom. The Morgan fingerprint density at radius 1 is 0.656 bits per heavy atom. The van der Waals surface area contributed by atoms with Gasteiger partial charge in [-0.15, -0.1) is 0 Å². The van der Waals surface area contributed by atoms with Gasteiger partial charge in [0.05, 0.1) is 11.5 Å². The smallest absolute Gasteiger partial charge is 0.150 e. The molecule has 3 aliphatic rings. The molecular weight excluding hydrogens is 416 g/mol. The molecule has 0 aromatic rings. The van der Waals surface area contributed by atoms with E-state index in [1.54, 1.807) is 0 Å². The summed E-state index contributed by atoms with van der Waals surface area (Å²) in [5, 5.41) is 0. The fourth-order valence-corrected chi connectivity index (χ4v) is 8.39. The number of hydrogen-bond acceptors (Lipinski definition) is 3. The van der Waals surface area contributed by atoms with Crippen LogP contribution in [0.1, 0.15) is 101 Å². The van der Waals surface area contributed by atoms with Crippen LogP contribution in [-0.2, 0) is 14.6 Å². The summed E-state index contributed by atoms with van der Waals surface area (Å²) in [6.07, 6.45) is 8.03. The van der Waals surface area contributed by atoms with Crippen molar-refractivity contribution in [1.29, 1.82) is 0 Å². The Bertz CT molecular complexity index is 570. The normalized spacial score (nSPS) is 35.0. The number of rotatable bonds is 3. The molecule has 0 radical (unpaired) electrons. The summed E-state index contributed by atoms with van der Waals surface area (Å²) >= 11 is 0. The molecule has 2 saturated heterocycles. The minimum Gasteiger partial charge on any atom is -0.381 e. The van der Waals surface area contributed by atoms with E-state index in [9.17, 15) is 8.42 Å². The third kappa shape index (κ3) is 10.5. The molecule has 3 rings (SSSR count). The lowest BCUT2D eigenvalue weighted by molar-refractivity contribution is 0.00874. The summed E-state index contributed by atoms with van der Waals surface area (Å²) < 4.78 is 28.0. The third-order valence-corrected chi connectivity index (χ3v) is 10.3. The molecule has 0 bridgehead atoms. The zero-order valence-electron chi connectivity index (χ0n) is 22.9. The Labute approximate surface area is 201 Å². The van der Waals surface area contributed by atoms with Gasteiger partial charge in [0.2, 0.25) is 0 Å². The molecule has 3 fully saturated rings. The summed E-state index contributed by atoms with van der Waals surface area (Å²) in [5.41, 5.74) is 0. The minimum absolute atomic E-state index is 0.378. The van der Waals surface area contributed by atoms with Crippen molar-refractivity contribution in [1.82, 2.24) is 0 Å². The van der Waals surface area contributed by atoms with E-state index in [-0.39, 0.29) is 0 Å². The molecule has 2 aliphatic heterocycles. The molecule has 1 saturated carbocycles. The first-order chi connectivity index (χ1) is 14.9. The topological polar surface area (TPSA) is 43.4 Å². The Hall–Kier alpha value is -0.0900. The number of hydrogen-bond donors (Lipinski definition) is 0. The van der Waals surface area contributed by atoms with Gasteiger partial charge < -0.3 is 4.74 Å². The fraction of sp³-hybridized carbons (Fsp3) is 1.00. The highest BCUT2D eigenvalue weighted by atomic mass is 32.2. The van der Waals surface area contributed by atoms with Crippen LogP contribution in [0.4, 0.5) is 0 Å². The lowest BCUT2D eigenvalue weighted by Gasteiger charge is -2.31. The summed E-state index contributed by atoms with van der Waals surface area (Å²) in [7, 11) is -2.71. The predicted molar refractivity (Wildman–Crippen MR) is 140 cm³/mol. The highest BCUT2D eigenvalue weighted by molar-refractivity contribution is 7.91. The van der Waals surface area contributed by atoms with Crippen LogP contribution in [0.15, 0.2) is 0 Å². The van der Waals surface area contributed by atoms with Crippen molar-refractivity contribution in [2.45, 2.75) is 101 Å². The first-order valence-corrected chi connectivity index (χ1v) is 15.5. The molecule has 0 amide bonds. The lowest BCUT2D eigenvalue weighted by atomic mass is 9.75. The van der Waals surface area contributed by atoms with Crippen molar-refractivity contribution in [3.8, 4) is 0 Å². The van der Waals surface area contributed by atoms with E-state index in [2.05, 4.69) is 62.3 Å². The van der Waals surface area contributed by atoms with E-state index in [0.717, 1.165) is 55.1 Å². The fourth-order valence-electron chi connectivity index (χ4n) is 6.19. The standard InChI is InChI=1S/C10H20.C9H18O2S.C9H18O/c1-8(2)10-7-5-4-6-9(10)3;1-7(2)9-6-12(10,11)5-4-8(9)3;1-7(2)9-4-5-10-6-8(9)3/h8-10H,4-7H2,1-3H3;7-9H,4-6H2,1-3H3;7-9H,4-6H2,1-3H3. The van der Waals surface area contributed by atoms with Crippen LogP contribution in [-0.4, -0.2) is 33.1 Å². The van der Waals surface area contributed by atoms with Crippen LogP contribution in [0.5, 0.6) is 0 Å². The molecule has 0 N–H and O–H groups in total. The quantitative estimate of drug-likeness (QED) is 0.427. The molecule has 0 aromatic carbocycles. The summed E-state index contributed by atoms with van der Waals surface area (Å²) in [5.74, 6) is 7.69.